The van der Waals surface area contributed by atoms with Crippen molar-refractivity contribution in [2.75, 3.05) is 44.9 Å². The Morgan fingerprint density at radius 2 is 1.82 bits per heavy atom. The predicted molar refractivity (Wildman–Crippen MR) is 218 cm³/mol. The molecule has 2 aliphatic carbocycles. The van der Waals surface area contributed by atoms with Crippen molar-refractivity contribution in [2.24, 2.45) is 17.8 Å². The molecule has 0 unspecified atom stereocenters. The minimum Gasteiger partial charge on any atom is -0.497 e. The first-order chi connectivity index (χ1) is 29.4. The molecule has 3 aliphatic heterocycles. The van der Waals surface area contributed by atoms with E-state index in [4.69, 9.17) is 19.2 Å². The van der Waals surface area contributed by atoms with E-state index in [2.05, 4.69) is 25.6 Å². The zero-order valence-electron chi connectivity index (χ0n) is 35.0. The fraction of sp³-hybridized carbons (Fsp3) is 0.634. The number of hydrogen-bond donors (Lipinski definition) is 4. The van der Waals surface area contributed by atoms with Gasteiger partial charge in [-0.2, -0.15) is 18.2 Å². The highest BCUT2D eigenvalue weighted by Crippen LogP contribution is 2.46. The van der Waals surface area contributed by atoms with Gasteiger partial charge in [0, 0.05) is 30.8 Å². The number of nitrogens with zero attached hydrogens (tertiary/aromatic N) is 3. The number of hydrogen-bond acceptors (Lipinski definition) is 13. The van der Waals surface area contributed by atoms with Gasteiger partial charge in [0.2, 0.25) is 27.7 Å². The van der Waals surface area contributed by atoms with Gasteiger partial charge in [-0.3, -0.25) is 24.5 Å². The van der Waals surface area contributed by atoms with Gasteiger partial charge in [0.1, 0.15) is 35.3 Å². The second-order valence-corrected chi connectivity index (χ2v) is 19.0. The van der Waals surface area contributed by atoms with Crippen LogP contribution < -0.4 is 35.3 Å². The number of aromatic nitrogens is 1. The molecule has 0 spiro atoms. The zero-order valence-corrected chi connectivity index (χ0v) is 35.9. The summed E-state index contributed by atoms with van der Waals surface area (Å²) in [5.74, 6) is -1.93. The van der Waals surface area contributed by atoms with E-state index in [-0.39, 0.29) is 31.2 Å². The normalized spacial score (nSPS) is 29.5. The molecule has 0 bridgehead atoms. The predicted octanol–water partition coefficient (Wildman–Crippen LogP) is 3.47. The number of alkyl halides is 3. The van der Waals surface area contributed by atoms with Crippen LogP contribution in [0, 0.1) is 17.8 Å². The molecular formula is C41H54F3N7O10S. The summed E-state index contributed by atoms with van der Waals surface area (Å²) in [6, 6.07) is 4.73. The number of halogens is 3. The number of hydrazine groups is 1. The number of nitrogens with one attached hydrogen (secondary N) is 4. The van der Waals surface area contributed by atoms with Crippen molar-refractivity contribution >= 4 is 50.4 Å². The van der Waals surface area contributed by atoms with Gasteiger partial charge in [0.25, 0.3) is 5.91 Å². The number of carbonyl (C=O) groups excluding carboxylic acids is 4. The van der Waals surface area contributed by atoms with Gasteiger partial charge in [-0.25, -0.2) is 18.6 Å². The number of benzene rings is 1. The number of allylic oxidation sites excluding steroid dienone is 1. The van der Waals surface area contributed by atoms with Crippen molar-refractivity contribution in [1.29, 1.82) is 0 Å². The highest BCUT2D eigenvalue weighted by molar-refractivity contribution is 7.91. The van der Waals surface area contributed by atoms with Crippen LogP contribution in [0.4, 0.5) is 23.8 Å². The Kier molecular flexibility index (Phi) is 13.2. The van der Waals surface area contributed by atoms with E-state index in [1.54, 1.807) is 32.2 Å². The van der Waals surface area contributed by atoms with Crippen molar-refractivity contribution < 1.29 is 59.7 Å². The molecule has 1 aromatic carbocycles. The van der Waals surface area contributed by atoms with Crippen LogP contribution in [-0.4, -0.2) is 123 Å². The summed E-state index contributed by atoms with van der Waals surface area (Å²) in [5.41, 5.74) is 3.09. The summed E-state index contributed by atoms with van der Waals surface area (Å²) in [6.07, 6.45) is -3.41. The van der Waals surface area contributed by atoms with Crippen LogP contribution in [0.1, 0.15) is 65.7 Å². The van der Waals surface area contributed by atoms with Gasteiger partial charge in [0.15, 0.2) is 6.10 Å². The summed E-state index contributed by atoms with van der Waals surface area (Å²) in [6.45, 7) is 6.36. The number of morpholine rings is 1. The van der Waals surface area contributed by atoms with Crippen molar-refractivity contribution in [3.63, 3.8) is 0 Å². The number of pyridine rings is 1. The Morgan fingerprint density at radius 3 is 2.52 bits per heavy atom. The number of amides is 4. The molecule has 1 aromatic heterocycles. The van der Waals surface area contributed by atoms with E-state index in [0.29, 0.717) is 82.3 Å². The molecule has 2 saturated heterocycles. The third-order valence-electron chi connectivity index (χ3n) is 12.3. The lowest BCUT2D eigenvalue weighted by molar-refractivity contribution is -0.197. The van der Waals surface area contributed by atoms with Crippen LogP contribution in [0.3, 0.4) is 0 Å². The average Bonchev–Trinajstić information content (AvgIpc) is 4.15. The number of anilines is 1. The molecule has 2 saturated carbocycles. The van der Waals surface area contributed by atoms with Gasteiger partial charge in [-0.1, -0.05) is 26.0 Å². The first-order valence-electron chi connectivity index (χ1n) is 21.0. The second-order valence-electron chi connectivity index (χ2n) is 17.1. The summed E-state index contributed by atoms with van der Waals surface area (Å²) in [4.78, 5) is 64.2. The van der Waals surface area contributed by atoms with E-state index in [1.807, 2.05) is 30.0 Å². The fourth-order valence-corrected chi connectivity index (χ4v) is 9.77. The first-order valence-corrected chi connectivity index (χ1v) is 22.6. The Hall–Kier alpha value is -4.89. The summed E-state index contributed by atoms with van der Waals surface area (Å²) in [7, 11) is -2.43. The Bertz CT molecular complexity index is 2170. The maximum Gasteiger partial charge on any atom is 0.425 e. The summed E-state index contributed by atoms with van der Waals surface area (Å²) < 4.78 is 90.0. The number of ether oxygens (including phenoxy) is 4. The van der Waals surface area contributed by atoms with Gasteiger partial charge < -0.3 is 34.1 Å². The summed E-state index contributed by atoms with van der Waals surface area (Å²) >= 11 is 0. The van der Waals surface area contributed by atoms with Crippen LogP contribution in [0.15, 0.2) is 36.4 Å². The molecule has 4 N–H and O–H groups in total. The van der Waals surface area contributed by atoms with Gasteiger partial charge >= 0.3 is 12.3 Å². The molecule has 21 heteroatoms. The fourth-order valence-electron chi connectivity index (χ4n) is 8.41. The minimum absolute atomic E-state index is 0.00645. The van der Waals surface area contributed by atoms with E-state index in [9.17, 15) is 40.8 Å². The van der Waals surface area contributed by atoms with E-state index < -0.39 is 86.9 Å². The molecule has 7 rings (SSSR count). The van der Waals surface area contributed by atoms with Crippen molar-refractivity contribution in [2.45, 2.75) is 107 Å². The second kappa shape index (κ2) is 18.1. The van der Waals surface area contributed by atoms with Crippen molar-refractivity contribution in [1.82, 2.24) is 30.8 Å². The number of rotatable bonds is 10. The Labute approximate surface area is 357 Å². The topological polar surface area (TPSA) is 207 Å². The van der Waals surface area contributed by atoms with Crippen LogP contribution in [0.25, 0.3) is 10.8 Å². The lowest BCUT2D eigenvalue weighted by Crippen LogP contribution is -2.60. The largest absolute Gasteiger partial charge is 0.497 e. The quantitative estimate of drug-likeness (QED) is 0.200. The van der Waals surface area contributed by atoms with Crippen molar-refractivity contribution in [3.8, 4) is 11.6 Å². The average molecular weight is 894 g/mol. The van der Waals surface area contributed by atoms with Gasteiger partial charge in [-0.05, 0) is 86.9 Å². The Balaban J connectivity index is 1.22. The number of sulfonamides is 1. The standard InChI is InChI=1S/C41H54F3N7O10S/c1-23-7-5-6-8-27-21-40(27,38(54)49-62(56,57)30-10-11-30)46-35(52)32-20-29(22-51(32)37(53)34(24(2)17-23)47-48-39(55)60-25(3)41(42,43)44)61-36-31-12-9-28(58-4)18-26(31)19-33(45-36)50-13-15-59-16-14-50/h6,8-9,12,18-19,23-25,27,29-30,32,34,47H,5,7,10-11,13-17,20-22H2,1-4H3,(H,46,52)(H,48,55)(H,49,54)/b8-6-/t23-,24+,25+,27+,29+,32-,34-,40+/m0/s1. The summed E-state index contributed by atoms with van der Waals surface area (Å²) in [5, 5.41) is 3.51. The molecule has 4 fully saturated rings. The Morgan fingerprint density at radius 1 is 1.08 bits per heavy atom. The van der Waals surface area contributed by atoms with Crippen molar-refractivity contribution in [3.05, 3.63) is 36.4 Å². The zero-order chi connectivity index (χ0) is 44.6. The molecule has 2 aromatic rings. The lowest BCUT2D eigenvalue weighted by atomic mass is 9.88. The van der Waals surface area contributed by atoms with E-state index in [0.717, 1.165) is 5.39 Å². The third kappa shape index (κ3) is 10.1. The van der Waals surface area contributed by atoms with Crippen LogP contribution in [0.5, 0.6) is 11.6 Å². The highest BCUT2D eigenvalue weighted by Gasteiger charge is 2.62. The molecular weight excluding hydrogens is 840 g/mol. The van der Waals surface area contributed by atoms with Crippen LogP contribution >= 0.6 is 0 Å². The first kappa shape index (κ1) is 45.1. The van der Waals surface area contributed by atoms with Gasteiger partial charge in [-0.15, -0.1) is 0 Å². The molecule has 4 amide bonds. The van der Waals surface area contributed by atoms with Crippen LogP contribution in [0.2, 0.25) is 0 Å². The molecule has 5 aliphatic rings. The maximum atomic E-state index is 14.9. The molecule has 4 heterocycles. The lowest BCUT2D eigenvalue weighted by Gasteiger charge is -2.33. The van der Waals surface area contributed by atoms with E-state index >= 15 is 0 Å². The third-order valence-corrected chi connectivity index (χ3v) is 14.1. The molecule has 340 valence electrons. The number of fused-ring (bicyclic) bond motifs is 3. The van der Waals surface area contributed by atoms with Gasteiger partial charge in [0.05, 0.1) is 32.1 Å². The monoisotopic (exact) mass is 893 g/mol. The SMILES string of the molecule is COc1ccc2c(O[C@@H]3C[C@H]4C(=O)N[C@]5(C(=O)NS(=O)(=O)C6CC6)C[C@H]5/C=C\CC[C@H](C)C[C@@H](C)[C@H](NNC(=O)O[C@H](C)C(F)(F)F)C(=O)N4C3)nc(N3CCOCC3)cc2c1. The maximum absolute atomic E-state index is 14.9. The van der Waals surface area contributed by atoms with Crippen LogP contribution in [-0.2, 0) is 33.9 Å². The molecule has 8 atom stereocenters. The molecule has 0 radical (unpaired) electrons. The molecule has 17 nitrogen and oxygen atoms in total. The van der Waals surface area contributed by atoms with E-state index in [1.165, 1.54) is 4.90 Å². The number of methoxy groups -OCH3 is 1. The number of carbonyl (C=O) groups is 4. The molecule has 62 heavy (non-hydrogen) atoms. The smallest absolute Gasteiger partial charge is 0.425 e. The highest BCUT2D eigenvalue weighted by atomic mass is 32.2. The minimum atomic E-state index is -4.83.